The average Bonchev–Trinajstić information content (AvgIpc) is 3.01. The van der Waals surface area contributed by atoms with E-state index in [2.05, 4.69) is 30.9 Å². The van der Waals surface area contributed by atoms with E-state index in [-0.39, 0.29) is 5.92 Å². The highest BCUT2D eigenvalue weighted by Gasteiger charge is 2.50. The van der Waals surface area contributed by atoms with Gasteiger partial charge in [0.2, 0.25) is 0 Å². The lowest BCUT2D eigenvalue weighted by Crippen LogP contribution is -2.43. The molecule has 17 heavy (non-hydrogen) atoms. The van der Waals surface area contributed by atoms with Crippen molar-refractivity contribution in [3.05, 3.63) is 0 Å². The second-order valence-electron chi connectivity index (χ2n) is 5.94. The number of carboxylic acids is 1. The maximum absolute atomic E-state index is 11.0. The molecule has 4 nitrogen and oxygen atoms in total. The lowest BCUT2D eigenvalue weighted by atomic mass is 9.85. The summed E-state index contributed by atoms with van der Waals surface area (Å²) in [4.78, 5) is 15.6. The molecule has 0 amide bonds. The Kier molecular flexibility index (Phi) is 3.73. The number of nitrogens with zero attached hydrogens (tertiary/aromatic N) is 2. The average molecular weight is 240 g/mol. The Morgan fingerprint density at radius 3 is 2.35 bits per heavy atom. The maximum Gasteiger partial charge on any atom is 0.306 e. The Balaban J connectivity index is 1.96. The first-order valence-electron chi connectivity index (χ1n) is 6.58. The molecule has 3 unspecified atom stereocenters. The fourth-order valence-electron chi connectivity index (χ4n) is 3.40. The summed E-state index contributed by atoms with van der Waals surface area (Å²) in [6, 6.07) is 0.463. The molecule has 2 rings (SSSR count). The summed E-state index contributed by atoms with van der Waals surface area (Å²) in [5, 5.41) is 9.07. The van der Waals surface area contributed by atoms with Crippen LogP contribution in [0.15, 0.2) is 0 Å². The molecule has 0 spiro atoms. The van der Waals surface area contributed by atoms with Gasteiger partial charge in [-0.15, -0.1) is 0 Å². The highest BCUT2D eigenvalue weighted by Crippen LogP contribution is 2.46. The maximum atomic E-state index is 11.0. The molecule has 0 bridgehead atoms. The minimum absolute atomic E-state index is 0.0814. The van der Waals surface area contributed by atoms with Crippen molar-refractivity contribution >= 4 is 5.97 Å². The van der Waals surface area contributed by atoms with Crippen molar-refractivity contribution in [2.24, 2.45) is 17.8 Å². The summed E-state index contributed by atoms with van der Waals surface area (Å²) in [5.74, 6) is 0.378. The number of piperidine rings is 1. The van der Waals surface area contributed by atoms with Crippen molar-refractivity contribution in [3.63, 3.8) is 0 Å². The molecule has 4 heteroatoms. The molecule has 3 atom stereocenters. The summed E-state index contributed by atoms with van der Waals surface area (Å²) in [6.45, 7) is 2.30. The van der Waals surface area contributed by atoms with Gasteiger partial charge in [-0.3, -0.25) is 4.79 Å². The molecule has 2 fully saturated rings. The molecular formula is C13H24N2O2. The minimum atomic E-state index is -0.602. The predicted molar refractivity (Wildman–Crippen MR) is 66.9 cm³/mol. The van der Waals surface area contributed by atoms with Crippen LogP contribution in [0.4, 0.5) is 0 Å². The van der Waals surface area contributed by atoms with Crippen LogP contribution in [0, 0.1) is 17.8 Å². The molecule has 0 aromatic rings. The van der Waals surface area contributed by atoms with Gasteiger partial charge >= 0.3 is 5.97 Å². The number of likely N-dealkylation sites (tertiary alicyclic amines) is 1. The third kappa shape index (κ3) is 2.80. The quantitative estimate of drug-likeness (QED) is 0.795. The molecule has 1 aliphatic heterocycles. The van der Waals surface area contributed by atoms with Crippen molar-refractivity contribution in [2.45, 2.75) is 25.3 Å². The van der Waals surface area contributed by atoms with Gasteiger partial charge in [-0.05, 0) is 65.3 Å². The molecule has 1 N–H and O–H groups in total. The Morgan fingerprint density at radius 1 is 1.35 bits per heavy atom. The molecular weight excluding hydrogens is 216 g/mol. The second-order valence-corrected chi connectivity index (χ2v) is 5.94. The predicted octanol–water partition coefficient (Wildman–Crippen LogP) is 0.979. The monoisotopic (exact) mass is 240 g/mol. The van der Waals surface area contributed by atoms with Gasteiger partial charge in [0.1, 0.15) is 0 Å². The van der Waals surface area contributed by atoms with E-state index < -0.39 is 5.97 Å². The van der Waals surface area contributed by atoms with E-state index in [1.54, 1.807) is 0 Å². The number of hydrogen-bond acceptors (Lipinski definition) is 3. The Hall–Kier alpha value is -0.610. The molecule has 1 aliphatic carbocycles. The van der Waals surface area contributed by atoms with Crippen LogP contribution in [0.3, 0.4) is 0 Å². The van der Waals surface area contributed by atoms with E-state index in [1.165, 1.54) is 12.8 Å². The van der Waals surface area contributed by atoms with Gasteiger partial charge in [0, 0.05) is 6.04 Å². The zero-order valence-corrected chi connectivity index (χ0v) is 11.1. The fraction of sp³-hybridized carbons (Fsp3) is 0.923. The molecule has 1 heterocycles. The topological polar surface area (TPSA) is 43.8 Å². The lowest BCUT2D eigenvalue weighted by molar-refractivity contribution is -0.139. The first kappa shape index (κ1) is 12.8. The smallest absolute Gasteiger partial charge is 0.306 e. The van der Waals surface area contributed by atoms with Crippen LogP contribution in [0.2, 0.25) is 0 Å². The Bertz CT molecular complexity index is 285. The minimum Gasteiger partial charge on any atom is -0.481 e. The first-order valence-corrected chi connectivity index (χ1v) is 6.58. The van der Waals surface area contributed by atoms with E-state index in [0.29, 0.717) is 17.9 Å². The van der Waals surface area contributed by atoms with E-state index in [0.717, 1.165) is 19.5 Å². The van der Waals surface area contributed by atoms with E-state index >= 15 is 0 Å². The van der Waals surface area contributed by atoms with Gasteiger partial charge in [0.25, 0.3) is 0 Å². The zero-order valence-electron chi connectivity index (χ0n) is 11.1. The zero-order chi connectivity index (χ0) is 12.6. The molecule has 1 saturated heterocycles. The van der Waals surface area contributed by atoms with E-state index in [1.807, 2.05) is 0 Å². The van der Waals surface area contributed by atoms with Crippen LogP contribution in [0.5, 0.6) is 0 Å². The normalized spacial score (nSPS) is 32.7. The van der Waals surface area contributed by atoms with Crippen LogP contribution in [0.1, 0.15) is 19.3 Å². The van der Waals surface area contributed by atoms with Crippen molar-refractivity contribution in [1.29, 1.82) is 0 Å². The van der Waals surface area contributed by atoms with E-state index in [9.17, 15) is 4.79 Å². The molecule has 98 valence electrons. The summed E-state index contributed by atoms with van der Waals surface area (Å²) in [6.07, 6.45) is 3.30. The Morgan fingerprint density at radius 2 is 1.94 bits per heavy atom. The van der Waals surface area contributed by atoms with Crippen molar-refractivity contribution in [3.8, 4) is 0 Å². The van der Waals surface area contributed by atoms with Crippen LogP contribution >= 0.6 is 0 Å². The summed E-state index contributed by atoms with van der Waals surface area (Å²) >= 11 is 0. The van der Waals surface area contributed by atoms with Crippen LogP contribution in [-0.4, -0.2) is 61.2 Å². The highest BCUT2D eigenvalue weighted by atomic mass is 16.4. The van der Waals surface area contributed by atoms with Gasteiger partial charge in [-0.2, -0.15) is 0 Å². The highest BCUT2D eigenvalue weighted by molar-refractivity contribution is 5.73. The molecule has 1 saturated carbocycles. The van der Waals surface area contributed by atoms with Crippen molar-refractivity contribution in [2.75, 3.05) is 34.2 Å². The van der Waals surface area contributed by atoms with E-state index in [4.69, 9.17) is 5.11 Å². The SMILES string of the molecule is CN1CCC(C(C2CC2C(=O)O)N(C)C)CC1. The summed E-state index contributed by atoms with van der Waals surface area (Å²) in [7, 11) is 6.36. The van der Waals surface area contributed by atoms with Gasteiger partial charge in [-0.25, -0.2) is 0 Å². The Labute approximate surface area is 104 Å². The van der Waals surface area contributed by atoms with Crippen molar-refractivity contribution in [1.82, 2.24) is 9.80 Å². The lowest BCUT2D eigenvalue weighted by Gasteiger charge is -2.38. The van der Waals surface area contributed by atoms with Crippen molar-refractivity contribution < 1.29 is 9.90 Å². The summed E-state index contributed by atoms with van der Waals surface area (Å²) < 4.78 is 0. The van der Waals surface area contributed by atoms with Gasteiger partial charge in [-0.1, -0.05) is 0 Å². The number of carboxylic acid groups (broad SMARTS) is 1. The summed E-state index contributed by atoms with van der Waals surface area (Å²) in [5.41, 5.74) is 0. The third-order valence-electron chi connectivity index (χ3n) is 4.44. The van der Waals surface area contributed by atoms with Crippen LogP contribution < -0.4 is 0 Å². The van der Waals surface area contributed by atoms with Gasteiger partial charge in [0.15, 0.2) is 0 Å². The second kappa shape index (κ2) is 4.94. The van der Waals surface area contributed by atoms with Crippen LogP contribution in [-0.2, 0) is 4.79 Å². The molecule has 2 aliphatic rings. The standard InChI is InChI=1S/C13H24N2O2/c1-14(2)12(10-8-11(10)13(16)17)9-4-6-15(3)7-5-9/h9-12H,4-8H2,1-3H3,(H,16,17). The number of rotatable bonds is 4. The third-order valence-corrected chi connectivity index (χ3v) is 4.44. The largest absolute Gasteiger partial charge is 0.481 e. The first-order chi connectivity index (χ1) is 8.00. The molecule has 0 aromatic carbocycles. The molecule has 0 radical (unpaired) electrons. The number of aliphatic carboxylic acids is 1. The van der Waals surface area contributed by atoms with Crippen LogP contribution in [0.25, 0.3) is 0 Å². The fourth-order valence-corrected chi connectivity index (χ4v) is 3.40. The molecule has 0 aromatic heterocycles. The van der Waals surface area contributed by atoms with Gasteiger partial charge < -0.3 is 14.9 Å². The number of hydrogen-bond donors (Lipinski definition) is 1. The van der Waals surface area contributed by atoms with Gasteiger partial charge in [0.05, 0.1) is 5.92 Å². The number of carbonyl (C=O) groups is 1.